The van der Waals surface area contributed by atoms with Gasteiger partial charge in [-0.25, -0.2) is 0 Å². The van der Waals surface area contributed by atoms with Crippen LogP contribution in [-0.2, 0) is 14.3 Å². The minimum Gasteiger partial charge on any atom is -0.462 e. The van der Waals surface area contributed by atoms with Gasteiger partial charge in [0.1, 0.15) is 6.10 Å². The lowest BCUT2D eigenvalue weighted by atomic mass is 9.52. The van der Waals surface area contributed by atoms with E-state index in [0.717, 1.165) is 38.5 Å². The van der Waals surface area contributed by atoms with E-state index in [4.69, 9.17) is 4.74 Å². The van der Waals surface area contributed by atoms with Crippen LogP contribution in [0.3, 0.4) is 0 Å². The Morgan fingerprint density at radius 2 is 2.00 bits per heavy atom. The molecule has 0 aromatic rings. The fraction of sp³-hybridized carbons (Fsp3) is 0.714. The lowest BCUT2D eigenvalue weighted by Gasteiger charge is -2.53. The number of carbonyl (C=O) groups excluding carboxylic acids is 2. The van der Waals surface area contributed by atoms with E-state index < -0.39 is 0 Å². The average Bonchev–Trinajstić information content (AvgIpc) is 2.84. The van der Waals surface area contributed by atoms with Gasteiger partial charge in [0, 0.05) is 24.2 Å². The Kier molecular flexibility index (Phi) is 3.56. The molecule has 24 heavy (non-hydrogen) atoms. The monoisotopic (exact) mass is 328 g/mol. The number of allylic oxidation sites excluding steroid dienone is 4. The molecule has 0 aromatic heterocycles. The molecule has 0 N–H and O–H groups in total. The van der Waals surface area contributed by atoms with E-state index in [2.05, 4.69) is 19.9 Å². The second-order valence-electron chi connectivity index (χ2n) is 8.76. The van der Waals surface area contributed by atoms with Crippen LogP contribution in [0.25, 0.3) is 0 Å². The minimum absolute atomic E-state index is 0.0653. The number of esters is 1. The Labute approximate surface area is 144 Å². The van der Waals surface area contributed by atoms with Crippen molar-refractivity contribution >= 4 is 11.8 Å². The van der Waals surface area contributed by atoms with Crippen molar-refractivity contribution in [1.82, 2.24) is 0 Å². The Balaban J connectivity index is 1.69. The fourth-order valence-electron chi connectivity index (χ4n) is 6.20. The molecule has 0 aromatic carbocycles. The summed E-state index contributed by atoms with van der Waals surface area (Å²) in [6.07, 6.45) is 11.5. The molecule has 0 radical (unpaired) electrons. The standard InChI is InChI=1S/C21H28O3/c1-13(22)24-19-7-6-17-16-5-4-14-12-15(23)8-10-20(14,2)18(16)9-11-21(17,19)3/h9,12,16-17,19H,4-8,10-11H2,1-3H3/t16-,17-,19-,20-,21-/m0/s1. The molecule has 4 rings (SSSR count). The Bertz CT molecular complexity index is 658. The number of hydrogen-bond acceptors (Lipinski definition) is 3. The minimum atomic E-state index is -0.150. The maximum absolute atomic E-state index is 11.9. The maximum Gasteiger partial charge on any atom is 0.302 e. The molecule has 130 valence electrons. The molecule has 0 spiro atoms. The third kappa shape index (κ3) is 2.16. The summed E-state index contributed by atoms with van der Waals surface area (Å²) >= 11 is 0. The van der Waals surface area contributed by atoms with Crippen LogP contribution in [0.15, 0.2) is 23.3 Å². The highest BCUT2D eigenvalue weighted by molar-refractivity contribution is 5.92. The first-order valence-electron chi connectivity index (χ1n) is 9.46. The second-order valence-corrected chi connectivity index (χ2v) is 8.76. The predicted octanol–water partition coefficient (Wildman–Crippen LogP) is 4.37. The molecule has 0 heterocycles. The van der Waals surface area contributed by atoms with Crippen molar-refractivity contribution in [2.24, 2.45) is 22.7 Å². The van der Waals surface area contributed by atoms with Crippen molar-refractivity contribution in [1.29, 1.82) is 0 Å². The normalized spacial score (nSPS) is 44.0. The zero-order valence-corrected chi connectivity index (χ0v) is 15.1. The number of ketones is 1. The molecule has 2 saturated carbocycles. The summed E-state index contributed by atoms with van der Waals surface area (Å²) in [5.41, 5.74) is 3.12. The Hall–Kier alpha value is -1.38. The van der Waals surface area contributed by atoms with E-state index in [1.54, 1.807) is 5.57 Å². The highest BCUT2D eigenvalue weighted by Gasteiger charge is 2.56. The maximum atomic E-state index is 11.9. The summed E-state index contributed by atoms with van der Waals surface area (Å²) in [6.45, 7) is 6.20. The van der Waals surface area contributed by atoms with E-state index in [9.17, 15) is 9.59 Å². The van der Waals surface area contributed by atoms with Gasteiger partial charge >= 0.3 is 5.97 Å². The highest BCUT2D eigenvalue weighted by Crippen LogP contribution is 2.63. The van der Waals surface area contributed by atoms with Crippen molar-refractivity contribution in [2.75, 3.05) is 0 Å². The molecule has 2 fully saturated rings. The first-order valence-corrected chi connectivity index (χ1v) is 9.46. The van der Waals surface area contributed by atoms with Crippen LogP contribution in [0, 0.1) is 22.7 Å². The molecule has 0 aliphatic heterocycles. The number of fused-ring (bicyclic) bond motifs is 5. The summed E-state index contributed by atoms with van der Waals surface area (Å²) in [5, 5.41) is 0. The largest absolute Gasteiger partial charge is 0.462 e. The lowest BCUT2D eigenvalue weighted by Crippen LogP contribution is -2.46. The lowest BCUT2D eigenvalue weighted by molar-refractivity contribution is -0.153. The third-order valence-electron chi connectivity index (χ3n) is 7.55. The van der Waals surface area contributed by atoms with Gasteiger partial charge in [0.25, 0.3) is 0 Å². The van der Waals surface area contributed by atoms with Gasteiger partial charge in [-0.3, -0.25) is 9.59 Å². The zero-order valence-electron chi connectivity index (χ0n) is 15.1. The second kappa shape index (κ2) is 5.31. The molecule has 3 nitrogen and oxygen atoms in total. The predicted molar refractivity (Wildman–Crippen MR) is 92.2 cm³/mol. The van der Waals surface area contributed by atoms with Crippen LogP contribution >= 0.6 is 0 Å². The van der Waals surface area contributed by atoms with E-state index in [1.807, 2.05) is 6.08 Å². The quantitative estimate of drug-likeness (QED) is 0.530. The fourth-order valence-corrected chi connectivity index (χ4v) is 6.20. The van der Waals surface area contributed by atoms with Crippen LogP contribution in [0.1, 0.15) is 65.7 Å². The summed E-state index contributed by atoms with van der Waals surface area (Å²) < 4.78 is 5.69. The molecule has 0 unspecified atom stereocenters. The number of rotatable bonds is 1. The van der Waals surface area contributed by atoms with Crippen LogP contribution in [0.4, 0.5) is 0 Å². The molecule has 3 heteroatoms. The summed E-state index contributed by atoms with van der Waals surface area (Å²) in [4.78, 5) is 23.3. The van der Waals surface area contributed by atoms with Crippen LogP contribution in [-0.4, -0.2) is 17.9 Å². The number of carbonyl (C=O) groups is 2. The van der Waals surface area contributed by atoms with Gasteiger partial charge in [-0.15, -0.1) is 0 Å². The smallest absolute Gasteiger partial charge is 0.302 e. The topological polar surface area (TPSA) is 43.4 Å². The zero-order chi connectivity index (χ0) is 17.1. The van der Waals surface area contributed by atoms with Crippen LogP contribution in [0.2, 0.25) is 0 Å². The molecule has 4 aliphatic rings. The van der Waals surface area contributed by atoms with Crippen LogP contribution < -0.4 is 0 Å². The molecular formula is C21H28O3. The Morgan fingerprint density at radius 1 is 1.21 bits per heavy atom. The van der Waals surface area contributed by atoms with Crippen molar-refractivity contribution < 1.29 is 14.3 Å². The SMILES string of the molecule is CC(=O)O[C@H]1CC[C@H]2[C@@H]3CCC4=CC(=O)CC[C@]4(C)C3=CC[C@]12C. The first-order chi connectivity index (χ1) is 11.3. The van der Waals surface area contributed by atoms with Gasteiger partial charge in [-0.05, 0) is 56.4 Å². The van der Waals surface area contributed by atoms with Gasteiger partial charge in [0.2, 0.25) is 0 Å². The highest BCUT2D eigenvalue weighted by atomic mass is 16.5. The van der Waals surface area contributed by atoms with Gasteiger partial charge in [0.05, 0.1) is 0 Å². The Morgan fingerprint density at radius 3 is 2.75 bits per heavy atom. The van der Waals surface area contributed by atoms with Crippen molar-refractivity contribution in [3.8, 4) is 0 Å². The number of hydrogen-bond donors (Lipinski definition) is 0. The molecule has 5 atom stereocenters. The van der Waals surface area contributed by atoms with E-state index >= 15 is 0 Å². The molecule has 0 saturated heterocycles. The van der Waals surface area contributed by atoms with Crippen molar-refractivity contribution in [2.45, 2.75) is 71.8 Å². The first kappa shape index (κ1) is 16.1. The molecule has 4 aliphatic carbocycles. The van der Waals surface area contributed by atoms with E-state index in [0.29, 0.717) is 24.0 Å². The molecule has 0 amide bonds. The summed E-state index contributed by atoms with van der Waals surface area (Å²) in [6, 6.07) is 0. The molecular weight excluding hydrogens is 300 g/mol. The van der Waals surface area contributed by atoms with Gasteiger partial charge in [-0.1, -0.05) is 31.1 Å². The van der Waals surface area contributed by atoms with Crippen LogP contribution in [0.5, 0.6) is 0 Å². The van der Waals surface area contributed by atoms with Gasteiger partial charge in [0.15, 0.2) is 5.78 Å². The summed E-state index contributed by atoms with van der Waals surface area (Å²) in [5.74, 6) is 1.36. The van der Waals surface area contributed by atoms with E-state index in [1.165, 1.54) is 12.5 Å². The van der Waals surface area contributed by atoms with Gasteiger partial charge in [-0.2, -0.15) is 0 Å². The third-order valence-corrected chi connectivity index (χ3v) is 7.55. The number of ether oxygens (including phenoxy) is 1. The van der Waals surface area contributed by atoms with E-state index in [-0.39, 0.29) is 22.9 Å². The van der Waals surface area contributed by atoms with Gasteiger partial charge < -0.3 is 4.74 Å². The molecule has 0 bridgehead atoms. The average molecular weight is 328 g/mol. The summed E-state index contributed by atoms with van der Waals surface area (Å²) in [7, 11) is 0. The van der Waals surface area contributed by atoms with Crippen molar-refractivity contribution in [3.63, 3.8) is 0 Å². The van der Waals surface area contributed by atoms with Crippen molar-refractivity contribution in [3.05, 3.63) is 23.3 Å².